The Kier molecular flexibility index (Phi) is 5.58. The van der Waals surface area contributed by atoms with E-state index in [0.717, 1.165) is 11.4 Å². The number of benzene rings is 1. The lowest BCUT2D eigenvalue weighted by molar-refractivity contribution is 0.417. The largest absolute Gasteiger partial charge is 0.495 e. The lowest BCUT2D eigenvalue weighted by Crippen LogP contribution is -2.17. The number of thioether (sulfide) groups is 1. The van der Waals surface area contributed by atoms with Gasteiger partial charge in [-0.05, 0) is 32.0 Å². The van der Waals surface area contributed by atoms with E-state index in [0.29, 0.717) is 40.1 Å². The normalized spacial score (nSPS) is 10.9. The Labute approximate surface area is 182 Å². The fraction of sp³-hybridized carbons (Fsp3) is 0.222. The number of aromatic nitrogens is 8. The number of aryl methyl sites for hydroxylation is 2. The Morgan fingerprint density at radius 3 is 2.68 bits per heavy atom. The summed E-state index contributed by atoms with van der Waals surface area (Å²) in [5.74, 6) is 8.49. The van der Waals surface area contributed by atoms with Crippen LogP contribution in [0.5, 0.6) is 5.75 Å². The van der Waals surface area contributed by atoms with E-state index >= 15 is 0 Å². The third-order valence-corrected chi connectivity index (χ3v) is 5.17. The molecule has 0 aliphatic carbocycles. The molecule has 0 amide bonds. The van der Waals surface area contributed by atoms with Crippen LogP contribution in [-0.2, 0) is 5.75 Å². The Morgan fingerprint density at radius 1 is 1.13 bits per heavy atom. The standard InChI is InChI=1S/C18H21N11OS/c1-10-8-11(2)29(27-10)17-25-26-18(28(17)20)31-9-14-22-15(19)24-16(23-14)21-12-6-4-5-7-13(12)30-3/h4-8H,9,20H2,1-3H3,(H3,19,21,22,23,24). The summed E-state index contributed by atoms with van der Waals surface area (Å²) in [6, 6.07) is 9.37. The zero-order valence-electron chi connectivity index (χ0n) is 17.1. The molecule has 0 atom stereocenters. The number of hydrogen-bond acceptors (Lipinski definition) is 11. The van der Waals surface area contributed by atoms with E-state index in [2.05, 4.69) is 35.6 Å². The number of nitrogen functional groups attached to an aromatic ring is 2. The van der Waals surface area contributed by atoms with Crippen molar-refractivity contribution in [3.8, 4) is 11.7 Å². The quantitative estimate of drug-likeness (QED) is 0.283. The Bertz CT molecular complexity index is 1220. The van der Waals surface area contributed by atoms with Crippen molar-refractivity contribution in [2.45, 2.75) is 24.8 Å². The van der Waals surface area contributed by atoms with Gasteiger partial charge >= 0.3 is 0 Å². The molecule has 3 aromatic heterocycles. The summed E-state index contributed by atoms with van der Waals surface area (Å²) in [4.78, 5) is 12.8. The number of anilines is 3. The molecule has 160 valence electrons. The first kappa shape index (κ1) is 20.4. The van der Waals surface area contributed by atoms with Crippen LogP contribution in [0.3, 0.4) is 0 Å². The molecule has 0 unspecified atom stereocenters. The second-order valence-corrected chi connectivity index (χ2v) is 7.48. The van der Waals surface area contributed by atoms with Gasteiger partial charge in [0.05, 0.1) is 24.2 Å². The first-order valence-corrected chi connectivity index (χ1v) is 10.2. The fourth-order valence-electron chi connectivity index (χ4n) is 2.90. The fourth-order valence-corrected chi connectivity index (χ4v) is 3.61. The lowest BCUT2D eigenvalue weighted by atomic mass is 10.3. The van der Waals surface area contributed by atoms with Gasteiger partial charge in [-0.25, -0.2) is 9.36 Å². The zero-order chi connectivity index (χ0) is 22.0. The molecule has 0 spiro atoms. The highest BCUT2D eigenvalue weighted by Gasteiger charge is 2.16. The maximum absolute atomic E-state index is 6.18. The van der Waals surface area contributed by atoms with Crippen LogP contribution in [0.25, 0.3) is 5.95 Å². The topological polar surface area (TPSA) is 160 Å². The minimum absolute atomic E-state index is 0.0977. The van der Waals surface area contributed by atoms with Gasteiger partial charge in [0.25, 0.3) is 5.95 Å². The van der Waals surface area contributed by atoms with Gasteiger partial charge in [-0.2, -0.15) is 20.1 Å². The second-order valence-electron chi connectivity index (χ2n) is 6.54. The van der Waals surface area contributed by atoms with Crippen LogP contribution in [0.2, 0.25) is 0 Å². The summed E-state index contributed by atoms with van der Waals surface area (Å²) in [6.45, 7) is 3.82. The highest BCUT2D eigenvalue weighted by atomic mass is 32.2. The number of nitrogens with zero attached hydrogens (tertiary/aromatic N) is 8. The van der Waals surface area contributed by atoms with Gasteiger partial charge in [0, 0.05) is 5.69 Å². The molecule has 0 fully saturated rings. The van der Waals surface area contributed by atoms with Crippen molar-refractivity contribution in [1.82, 2.24) is 39.6 Å². The van der Waals surface area contributed by atoms with Crippen molar-refractivity contribution < 1.29 is 4.74 Å². The van der Waals surface area contributed by atoms with Crippen LogP contribution >= 0.6 is 11.8 Å². The van der Waals surface area contributed by atoms with Crippen molar-refractivity contribution >= 4 is 29.3 Å². The van der Waals surface area contributed by atoms with Gasteiger partial charge < -0.3 is 21.6 Å². The lowest BCUT2D eigenvalue weighted by Gasteiger charge is -2.10. The van der Waals surface area contributed by atoms with E-state index in [-0.39, 0.29) is 5.95 Å². The molecule has 12 nitrogen and oxygen atoms in total. The zero-order valence-corrected chi connectivity index (χ0v) is 18.0. The van der Waals surface area contributed by atoms with Gasteiger partial charge in [0.15, 0.2) is 0 Å². The smallest absolute Gasteiger partial charge is 0.271 e. The Balaban J connectivity index is 1.51. The number of hydrogen-bond donors (Lipinski definition) is 3. The summed E-state index contributed by atoms with van der Waals surface area (Å²) in [5.41, 5.74) is 8.36. The molecule has 31 heavy (non-hydrogen) atoms. The third kappa shape index (κ3) is 4.35. The molecule has 4 aromatic rings. The van der Waals surface area contributed by atoms with E-state index in [9.17, 15) is 0 Å². The molecule has 1 aromatic carbocycles. The van der Waals surface area contributed by atoms with Gasteiger partial charge in [-0.3, -0.25) is 0 Å². The van der Waals surface area contributed by atoms with Crippen LogP contribution < -0.4 is 21.6 Å². The number of nitrogens with two attached hydrogens (primary N) is 2. The van der Waals surface area contributed by atoms with E-state index in [4.69, 9.17) is 16.3 Å². The highest BCUT2D eigenvalue weighted by molar-refractivity contribution is 7.98. The molecule has 4 rings (SSSR count). The van der Waals surface area contributed by atoms with E-state index in [1.54, 1.807) is 11.8 Å². The van der Waals surface area contributed by atoms with Crippen LogP contribution in [-0.4, -0.2) is 46.7 Å². The van der Waals surface area contributed by atoms with Crippen LogP contribution in [0.15, 0.2) is 35.5 Å². The van der Waals surface area contributed by atoms with Crippen molar-refractivity contribution in [3.05, 3.63) is 47.5 Å². The minimum Gasteiger partial charge on any atom is -0.495 e. The summed E-state index contributed by atoms with van der Waals surface area (Å²) in [5, 5.41) is 16.3. The number of nitrogens with one attached hydrogen (secondary N) is 1. The molecule has 0 radical (unpaired) electrons. The summed E-state index contributed by atoms with van der Waals surface area (Å²) < 4.78 is 8.36. The molecule has 0 aliphatic heterocycles. The van der Waals surface area contributed by atoms with Gasteiger partial charge in [0.1, 0.15) is 11.6 Å². The monoisotopic (exact) mass is 439 g/mol. The predicted octanol–water partition coefficient (Wildman–Crippen LogP) is 1.61. The second kappa shape index (κ2) is 8.47. The average molecular weight is 440 g/mol. The Morgan fingerprint density at radius 2 is 1.94 bits per heavy atom. The number of rotatable bonds is 7. The molecular weight excluding hydrogens is 418 g/mol. The van der Waals surface area contributed by atoms with Gasteiger partial charge in [-0.1, -0.05) is 23.9 Å². The summed E-state index contributed by atoms with van der Waals surface area (Å²) in [7, 11) is 1.59. The van der Waals surface area contributed by atoms with Crippen molar-refractivity contribution in [3.63, 3.8) is 0 Å². The molecule has 5 N–H and O–H groups in total. The summed E-state index contributed by atoms with van der Waals surface area (Å²) >= 11 is 1.32. The number of ether oxygens (including phenoxy) is 1. The third-order valence-electron chi connectivity index (χ3n) is 4.23. The van der Waals surface area contributed by atoms with Crippen LogP contribution in [0.4, 0.5) is 17.6 Å². The molecule has 0 saturated heterocycles. The highest BCUT2D eigenvalue weighted by Crippen LogP contribution is 2.26. The maximum Gasteiger partial charge on any atom is 0.271 e. The van der Waals surface area contributed by atoms with Gasteiger partial charge in [-0.15, -0.1) is 10.2 Å². The number of methoxy groups -OCH3 is 1. The molecule has 13 heteroatoms. The first-order chi connectivity index (χ1) is 14.9. The van der Waals surface area contributed by atoms with Crippen molar-refractivity contribution in [2.75, 3.05) is 24.0 Å². The molecule has 3 heterocycles. The molecule has 0 saturated carbocycles. The van der Waals surface area contributed by atoms with Crippen molar-refractivity contribution in [2.24, 2.45) is 0 Å². The maximum atomic E-state index is 6.18. The molecule has 0 aliphatic rings. The molecular formula is C18H21N11OS. The van der Waals surface area contributed by atoms with Gasteiger partial charge in [0.2, 0.25) is 17.1 Å². The minimum atomic E-state index is 0.0977. The number of para-hydroxylation sites is 2. The summed E-state index contributed by atoms with van der Waals surface area (Å²) in [6.07, 6.45) is 0. The Hall–Kier alpha value is -3.87. The molecule has 0 bridgehead atoms. The van der Waals surface area contributed by atoms with Crippen LogP contribution in [0, 0.1) is 13.8 Å². The van der Waals surface area contributed by atoms with E-state index < -0.39 is 0 Å². The average Bonchev–Trinajstić information content (AvgIpc) is 3.27. The van der Waals surface area contributed by atoms with E-state index in [1.165, 1.54) is 16.4 Å². The van der Waals surface area contributed by atoms with Crippen molar-refractivity contribution in [1.29, 1.82) is 0 Å². The SMILES string of the molecule is COc1ccccc1Nc1nc(N)nc(CSc2nnc(-n3nc(C)cc3C)n2N)n1. The van der Waals surface area contributed by atoms with E-state index in [1.807, 2.05) is 44.2 Å². The van der Waals surface area contributed by atoms with Crippen LogP contribution in [0.1, 0.15) is 17.2 Å². The predicted molar refractivity (Wildman–Crippen MR) is 117 cm³/mol. The first-order valence-electron chi connectivity index (χ1n) is 9.22.